The van der Waals surface area contributed by atoms with E-state index in [1.165, 1.54) is 17.0 Å². The van der Waals surface area contributed by atoms with Crippen molar-refractivity contribution < 1.29 is 9.90 Å². The first kappa shape index (κ1) is 17.8. The lowest BCUT2D eigenvalue weighted by molar-refractivity contribution is 0.0825. The van der Waals surface area contributed by atoms with E-state index in [0.29, 0.717) is 0 Å². The molecule has 0 radical (unpaired) electrons. The highest BCUT2D eigenvalue weighted by Gasteiger charge is 2.18. The van der Waals surface area contributed by atoms with Gasteiger partial charge in [0.15, 0.2) is 5.75 Å². The van der Waals surface area contributed by atoms with Crippen LogP contribution in [-0.4, -0.2) is 39.8 Å². The molecule has 0 aliphatic rings. The Morgan fingerprint density at radius 1 is 1.38 bits per heavy atom. The summed E-state index contributed by atoms with van der Waals surface area (Å²) in [7, 11) is 3.13. The standard InChI is InChI=1S/C15H17BrN4O4/c1-4-20-15(24)11(10(16)13(22)18-20)17-9-7-5-6-8(12(9)21)14(23)19(2)3/h5-7,17,21H,4H2,1-3H3,(H,18,22). The van der Waals surface area contributed by atoms with Crippen LogP contribution in [0.3, 0.4) is 0 Å². The predicted octanol–water partition coefficient (Wildman–Crippen LogP) is 1.47. The molecule has 0 bridgehead atoms. The third-order valence-corrected chi connectivity index (χ3v) is 4.12. The van der Waals surface area contributed by atoms with E-state index in [4.69, 9.17) is 0 Å². The highest BCUT2D eigenvalue weighted by Crippen LogP contribution is 2.31. The van der Waals surface area contributed by atoms with Crippen molar-refractivity contribution in [3.05, 3.63) is 48.9 Å². The average molecular weight is 397 g/mol. The third kappa shape index (κ3) is 3.21. The molecule has 8 nitrogen and oxygen atoms in total. The molecular weight excluding hydrogens is 380 g/mol. The second-order valence-corrected chi connectivity index (χ2v) is 6.00. The van der Waals surface area contributed by atoms with Crippen molar-refractivity contribution in [1.82, 2.24) is 14.7 Å². The number of nitrogens with zero attached hydrogens (tertiary/aromatic N) is 2. The van der Waals surface area contributed by atoms with Gasteiger partial charge < -0.3 is 15.3 Å². The first-order chi connectivity index (χ1) is 11.3. The lowest BCUT2D eigenvalue weighted by Gasteiger charge is -2.15. The number of carbonyl (C=O) groups excluding carboxylic acids is 1. The van der Waals surface area contributed by atoms with E-state index in [9.17, 15) is 19.5 Å². The van der Waals surface area contributed by atoms with Crippen LogP contribution in [0.2, 0.25) is 0 Å². The molecule has 2 aromatic rings. The molecule has 2 rings (SSSR count). The van der Waals surface area contributed by atoms with Gasteiger partial charge in [-0.1, -0.05) is 6.07 Å². The number of para-hydroxylation sites is 1. The largest absolute Gasteiger partial charge is 0.505 e. The summed E-state index contributed by atoms with van der Waals surface area (Å²) in [5.41, 5.74) is -0.743. The quantitative estimate of drug-likeness (QED) is 0.678. The lowest BCUT2D eigenvalue weighted by Crippen LogP contribution is -2.31. The van der Waals surface area contributed by atoms with Gasteiger partial charge in [-0.15, -0.1) is 0 Å². The fourth-order valence-electron chi connectivity index (χ4n) is 2.09. The fraction of sp³-hybridized carbons (Fsp3) is 0.267. The van der Waals surface area contributed by atoms with Gasteiger partial charge in [0.1, 0.15) is 10.2 Å². The first-order valence-electron chi connectivity index (χ1n) is 7.11. The van der Waals surface area contributed by atoms with Crippen LogP contribution in [0.25, 0.3) is 0 Å². The van der Waals surface area contributed by atoms with E-state index in [1.54, 1.807) is 27.1 Å². The molecule has 1 aromatic heterocycles. The second kappa shape index (κ2) is 6.91. The smallest absolute Gasteiger partial charge is 0.290 e. The van der Waals surface area contributed by atoms with E-state index in [-0.39, 0.29) is 39.6 Å². The lowest BCUT2D eigenvalue weighted by atomic mass is 10.1. The Balaban J connectivity index is 2.56. The normalized spacial score (nSPS) is 10.5. The summed E-state index contributed by atoms with van der Waals surface area (Å²) in [6.07, 6.45) is 0. The van der Waals surface area contributed by atoms with Crippen molar-refractivity contribution >= 4 is 33.2 Å². The Bertz CT molecular complexity index is 901. The maximum absolute atomic E-state index is 12.4. The van der Waals surface area contributed by atoms with Crippen LogP contribution >= 0.6 is 15.9 Å². The molecule has 0 fully saturated rings. The number of aromatic amines is 1. The van der Waals surface area contributed by atoms with E-state index >= 15 is 0 Å². The zero-order valence-electron chi connectivity index (χ0n) is 13.4. The van der Waals surface area contributed by atoms with Crippen molar-refractivity contribution in [3.63, 3.8) is 0 Å². The number of rotatable bonds is 4. The molecule has 3 N–H and O–H groups in total. The minimum Gasteiger partial charge on any atom is -0.505 e. The molecular formula is C15H17BrN4O4. The van der Waals surface area contributed by atoms with Gasteiger partial charge in [-0.3, -0.25) is 19.5 Å². The Hall–Kier alpha value is -2.55. The zero-order valence-corrected chi connectivity index (χ0v) is 15.0. The Labute approximate surface area is 145 Å². The number of aromatic nitrogens is 2. The molecule has 1 aromatic carbocycles. The molecule has 0 spiro atoms. The molecule has 1 heterocycles. The Kier molecular flexibility index (Phi) is 5.13. The highest BCUT2D eigenvalue weighted by molar-refractivity contribution is 9.10. The number of aromatic hydroxyl groups is 1. The Morgan fingerprint density at radius 2 is 2.04 bits per heavy atom. The summed E-state index contributed by atoms with van der Waals surface area (Å²) in [6.45, 7) is 1.99. The number of hydrogen-bond donors (Lipinski definition) is 3. The minimum atomic E-state index is -0.487. The summed E-state index contributed by atoms with van der Waals surface area (Å²) in [4.78, 5) is 37.6. The maximum Gasteiger partial charge on any atom is 0.290 e. The summed E-state index contributed by atoms with van der Waals surface area (Å²) >= 11 is 3.07. The van der Waals surface area contributed by atoms with E-state index in [2.05, 4.69) is 26.3 Å². The summed E-state index contributed by atoms with van der Waals surface area (Å²) < 4.78 is 1.15. The van der Waals surface area contributed by atoms with Crippen LogP contribution in [0.4, 0.5) is 11.4 Å². The number of aryl methyl sites for hydroxylation is 1. The molecule has 0 aliphatic carbocycles. The van der Waals surface area contributed by atoms with Crippen LogP contribution in [0.1, 0.15) is 17.3 Å². The van der Waals surface area contributed by atoms with Gasteiger partial charge in [0.25, 0.3) is 17.0 Å². The van der Waals surface area contributed by atoms with Gasteiger partial charge >= 0.3 is 0 Å². The number of carbonyl (C=O) groups is 1. The van der Waals surface area contributed by atoms with E-state index in [0.717, 1.165) is 4.68 Å². The van der Waals surface area contributed by atoms with Gasteiger partial charge in [0.2, 0.25) is 0 Å². The van der Waals surface area contributed by atoms with Crippen molar-refractivity contribution in [1.29, 1.82) is 0 Å². The van der Waals surface area contributed by atoms with Crippen LogP contribution in [0.15, 0.2) is 32.3 Å². The molecule has 1 amide bonds. The topological polar surface area (TPSA) is 107 Å². The third-order valence-electron chi connectivity index (χ3n) is 3.36. The Morgan fingerprint density at radius 3 is 2.62 bits per heavy atom. The molecule has 128 valence electrons. The van der Waals surface area contributed by atoms with Crippen LogP contribution in [0.5, 0.6) is 5.75 Å². The zero-order chi connectivity index (χ0) is 18.0. The number of phenols is 1. The number of phenolic OH excluding ortho intramolecular Hbond substituents is 1. The van der Waals surface area contributed by atoms with Gasteiger partial charge in [-0.2, -0.15) is 0 Å². The molecule has 9 heteroatoms. The predicted molar refractivity (Wildman–Crippen MR) is 94.1 cm³/mol. The number of hydrogen-bond acceptors (Lipinski definition) is 5. The SMILES string of the molecule is CCn1[nH]c(=O)c(Br)c(Nc2cccc(C(=O)N(C)C)c2O)c1=O. The molecule has 0 aliphatic heterocycles. The van der Waals surface area contributed by atoms with E-state index < -0.39 is 11.1 Å². The summed E-state index contributed by atoms with van der Waals surface area (Å²) in [5, 5.41) is 15.5. The number of anilines is 2. The van der Waals surface area contributed by atoms with Gasteiger partial charge in [0, 0.05) is 20.6 Å². The first-order valence-corrected chi connectivity index (χ1v) is 7.90. The van der Waals surface area contributed by atoms with Crippen LogP contribution in [-0.2, 0) is 6.54 Å². The van der Waals surface area contributed by atoms with Gasteiger partial charge in [-0.25, -0.2) is 4.68 Å². The number of benzene rings is 1. The van der Waals surface area contributed by atoms with Crippen molar-refractivity contribution in [2.24, 2.45) is 0 Å². The van der Waals surface area contributed by atoms with E-state index in [1.807, 2.05) is 0 Å². The monoisotopic (exact) mass is 396 g/mol. The summed E-state index contributed by atoms with van der Waals surface area (Å²) in [6, 6.07) is 4.55. The van der Waals surface area contributed by atoms with Crippen LogP contribution < -0.4 is 16.4 Å². The molecule has 0 atom stereocenters. The van der Waals surface area contributed by atoms with Crippen LogP contribution in [0, 0.1) is 0 Å². The average Bonchev–Trinajstić information content (AvgIpc) is 2.55. The fourth-order valence-corrected chi connectivity index (χ4v) is 2.45. The molecule has 0 saturated heterocycles. The number of H-pyrrole nitrogens is 1. The van der Waals surface area contributed by atoms with Crippen molar-refractivity contribution in [3.8, 4) is 5.75 Å². The van der Waals surface area contributed by atoms with Crippen molar-refractivity contribution in [2.45, 2.75) is 13.5 Å². The molecule has 0 unspecified atom stereocenters. The van der Waals surface area contributed by atoms with Gasteiger partial charge in [0.05, 0.1) is 11.3 Å². The van der Waals surface area contributed by atoms with Crippen molar-refractivity contribution in [2.75, 3.05) is 19.4 Å². The number of halogens is 1. The summed E-state index contributed by atoms with van der Waals surface area (Å²) in [5.74, 6) is -0.682. The number of nitrogens with one attached hydrogen (secondary N) is 2. The van der Waals surface area contributed by atoms with Gasteiger partial charge in [-0.05, 0) is 35.0 Å². The highest BCUT2D eigenvalue weighted by atomic mass is 79.9. The second-order valence-electron chi connectivity index (χ2n) is 5.21. The molecule has 0 saturated carbocycles. The molecule has 24 heavy (non-hydrogen) atoms. The maximum atomic E-state index is 12.4. The number of amides is 1. The minimum absolute atomic E-state index is 0.0148.